The third-order valence-electron chi connectivity index (χ3n) is 3.33. The predicted octanol–water partition coefficient (Wildman–Crippen LogP) is 2.22. The van der Waals surface area contributed by atoms with Crippen molar-refractivity contribution in [1.29, 1.82) is 0 Å². The Bertz CT molecular complexity index is 232. The first-order chi connectivity index (χ1) is 6.81. The minimum absolute atomic E-state index is 0.155. The molecule has 0 radical (unpaired) electrons. The van der Waals surface area contributed by atoms with Gasteiger partial charge in [-0.2, -0.15) is 0 Å². The second kappa shape index (κ2) is 4.52. The third-order valence-corrected chi connectivity index (χ3v) is 3.33. The van der Waals surface area contributed by atoms with E-state index in [2.05, 4.69) is 25.7 Å². The molecule has 0 aromatic heterocycles. The molecule has 3 nitrogen and oxygen atoms in total. The number of carboxylic acids is 1. The van der Waals surface area contributed by atoms with Crippen LogP contribution >= 0.6 is 0 Å². The van der Waals surface area contributed by atoms with Crippen LogP contribution in [-0.4, -0.2) is 35.6 Å². The molecule has 0 aromatic carbocycles. The van der Waals surface area contributed by atoms with Crippen LogP contribution in [0.2, 0.25) is 0 Å². The van der Waals surface area contributed by atoms with Crippen molar-refractivity contribution >= 4 is 5.97 Å². The fourth-order valence-corrected chi connectivity index (χ4v) is 2.30. The van der Waals surface area contributed by atoms with Crippen molar-refractivity contribution in [3.8, 4) is 0 Å². The van der Waals surface area contributed by atoms with E-state index in [-0.39, 0.29) is 12.0 Å². The number of carbonyl (C=O) groups is 1. The monoisotopic (exact) mass is 213 g/mol. The summed E-state index contributed by atoms with van der Waals surface area (Å²) in [5.74, 6) is -0.782. The highest BCUT2D eigenvalue weighted by atomic mass is 16.4. The van der Waals surface area contributed by atoms with Crippen molar-refractivity contribution in [2.45, 2.75) is 46.1 Å². The molecule has 0 saturated carbocycles. The largest absolute Gasteiger partial charge is 0.481 e. The molecule has 0 bridgehead atoms. The van der Waals surface area contributed by atoms with E-state index >= 15 is 0 Å². The molecule has 1 fully saturated rings. The van der Waals surface area contributed by atoms with Gasteiger partial charge in [-0.05, 0) is 38.3 Å². The minimum Gasteiger partial charge on any atom is -0.481 e. The maximum Gasteiger partial charge on any atom is 0.308 e. The first kappa shape index (κ1) is 12.5. The van der Waals surface area contributed by atoms with Crippen LogP contribution in [0.5, 0.6) is 0 Å². The van der Waals surface area contributed by atoms with E-state index in [9.17, 15) is 4.79 Å². The Morgan fingerprint density at radius 1 is 1.47 bits per heavy atom. The number of rotatable bonds is 3. The maximum atomic E-state index is 11.1. The SMILES string of the molecule is CN1CCC(C(=O)O)C1CCC(C)(C)C. The highest BCUT2D eigenvalue weighted by Gasteiger charge is 2.36. The van der Waals surface area contributed by atoms with Gasteiger partial charge in [0.25, 0.3) is 0 Å². The van der Waals surface area contributed by atoms with Crippen molar-refractivity contribution in [2.75, 3.05) is 13.6 Å². The van der Waals surface area contributed by atoms with Crippen LogP contribution in [0.15, 0.2) is 0 Å². The van der Waals surface area contributed by atoms with Crippen LogP contribution in [0.3, 0.4) is 0 Å². The lowest BCUT2D eigenvalue weighted by Gasteiger charge is -2.26. The summed E-state index contributed by atoms with van der Waals surface area (Å²) >= 11 is 0. The Labute approximate surface area is 92.5 Å². The maximum absolute atomic E-state index is 11.1. The van der Waals surface area contributed by atoms with Gasteiger partial charge >= 0.3 is 5.97 Å². The quantitative estimate of drug-likeness (QED) is 0.781. The first-order valence-corrected chi connectivity index (χ1v) is 5.74. The van der Waals surface area contributed by atoms with Crippen molar-refractivity contribution in [1.82, 2.24) is 4.90 Å². The zero-order chi connectivity index (χ0) is 11.6. The summed E-state index contributed by atoms with van der Waals surface area (Å²) in [6, 6.07) is 0.238. The average molecular weight is 213 g/mol. The number of aliphatic carboxylic acids is 1. The Morgan fingerprint density at radius 3 is 2.53 bits per heavy atom. The zero-order valence-electron chi connectivity index (χ0n) is 10.3. The minimum atomic E-state index is -0.627. The molecular weight excluding hydrogens is 190 g/mol. The summed E-state index contributed by atoms with van der Waals surface area (Å²) in [4.78, 5) is 13.3. The standard InChI is InChI=1S/C12H23NO2/c1-12(2,3)7-5-10-9(11(14)15)6-8-13(10)4/h9-10H,5-8H2,1-4H3,(H,14,15). The second-order valence-corrected chi connectivity index (χ2v) is 5.88. The highest BCUT2D eigenvalue weighted by Crippen LogP contribution is 2.30. The van der Waals surface area contributed by atoms with E-state index in [4.69, 9.17) is 5.11 Å². The van der Waals surface area contributed by atoms with Gasteiger partial charge in [-0.15, -0.1) is 0 Å². The van der Waals surface area contributed by atoms with E-state index in [1.165, 1.54) is 0 Å². The van der Waals surface area contributed by atoms with Crippen molar-refractivity contribution in [3.05, 3.63) is 0 Å². The van der Waals surface area contributed by atoms with Crippen LogP contribution in [0, 0.1) is 11.3 Å². The Hall–Kier alpha value is -0.570. The van der Waals surface area contributed by atoms with Crippen molar-refractivity contribution < 1.29 is 9.90 Å². The second-order valence-electron chi connectivity index (χ2n) is 5.88. The summed E-state index contributed by atoms with van der Waals surface area (Å²) in [7, 11) is 2.04. The number of likely N-dealkylation sites (tertiary alicyclic amines) is 1. The lowest BCUT2D eigenvalue weighted by atomic mass is 9.86. The molecule has 1 aliphatic rings. The highest BCUT2D eigenvalue weighted by molar-refractivity contribution is 5.71. The van der Waals surface area contributed by atoms with Crippen molar-refractivity contribution in [3.63, 3.8) is 0 Å². The average Bonchev–Trinajstić information content (AvgIpc) is 2.42. The van der Waals surface area contributed by atoms with E-state index in [1.54, 1.807) is 0 Å². The van der Waals surface area contributed by atoms with Crippen LogP contribution in [0.25, 0.3) is 0 Å². The van der Waals surface area contributed by atoms with Gasteiger partial charge in [0, 0.05) is 6.04 Å². The topological polar surface area (TPSA) is 40.5 Å². The van der Waals surface area contributed by atoms with Crippen LogP contribution < -0.4 is 0 Å². The zero-order valence-corrected chi connectivity index (χ0v) is 10.3. The van der Waals surface area contributed by atoms with Gasteiger partial charge in [0.15, 0.2) is 0 Å². The fraction of sp³-hybridized carbons (Fsp3) is 0.917. The Balaban J connectivity index is 2.53. The Morgan fingerprint density at radius 2 is 2.07 bits per heavy atom. The number of carboxylic acid groups (broad SMARTS) is 1. The molecular formula is C12H23NO2. The molecule has 15 heavy (non-hydrogen) atoms. The molecule has 1 heterocycles. The lowest BCUT2D eigenvalue weighted by molar-refractivity contribution is -0.142. The van der Waals surface area contributed by atoms with Gasteiger partial charge in [-0.25, -0.2) is 0 Å². The molecule has 3 heteroatoms. The summed E-state index contributed by atoms with van der Waals surface area (Å²) in [6.07, 6.45) is 2.89. The van der Waals surface area contributed by atoms with Crippen molar-refractivity contribution in [2.24, 2.45) is 11.3 Å². The smallest absolute Gasteiger partial charge is 0.308 e. The fourth-order valence-electron chi connectivity index (χ4n) is 2.30. The summed E-state index contributed by atoms with van der Waals surface area (Å²) in [6.45, 7) is 7.54. The molecule has 2 atom stereocenters. The molecule has 1 N–H and O–H groups in total. The molecule has 1 aliphatic heterocycles. The molecule has 0 aliphatic carbocycles. The first-order valence-electron chi connectivity index (χ1n) is 5.74. The summed E-state index contributed by atoms with van der Waals surface area (Å²) in [5.41, 5.74) is 0.298. The van der Waals surface area contributed by atoms with Gasteiger partial charge in [0.1, 0.15) is 0 Å². The number of nitrogens with zero attached hydrogens (tertiary/aromatic N) is 1. The number of hydrogen-bond acceptors (Lipinski definition) is 2. The van der Waals surface area contributed by atoms with Gasteiger partial charge in [0.2, 0.25) is 0 Å². The Kier molecular flexibility index (Phi) is 3.77. The van der Waals surface area contributed by atoms with Gasteiger partial charge in [-0.3, -0.25) is 4.79 Å². The van der Waals surface area contributed by atoms with Crippen LogP contribution in [-0.2, 0) is 4.79 Å². The lowest BCUT2D eigenvalue weighted by Crippen LogP contribution is -2.33. The number of hydrogen-bond donors (Lipinski definition) is 1. The van der Waals surface area contributed by atoms with E-state index < -0.39 is 5.97 Å². The molecule has 2 unspecified atom stereocenters. The normalized spacial score (nSPS) is 28.3. The van der Waals surface area contributed by atoms with Gasteiger partial charge in [0.05, 0.1) is 5.92 Å². The molecule has 88 valence electrons. The molecule has 0 aromatic rings. The van der Waals surface area contributed by atoms with Crippen LogP contribution in [0.1, 0.15) is 40.0 Å². The summed E-state index contributed by atoms with van der Waals surface area (Å²) < 4.78 is 0. The van der Waals surface area contributed by atoms with Gasteiger partial charge in [-0.1, -0.05) is 20.8 Å². The predicted molar refractivity (Wildman–Crippen MR) is 60.8 cm³/mol. The summed E-state index contributed by atoms with van der Waals surface area (Å²) in [5, 5.41) is 9.10. The van der Waals surface area contributed by atoms with E-state index in [0.29, 0.717) is 5.41 Å². The third kappa shape index (κ3) is 3.49. The van der Waals surface area contributed by atoms with Crippen LogP contribution in [0.4, 0.5) is 0 Å². The molecule has 0 amide bonds. The van der Waals surface area contributed by atoms with E-state index in [0.717, 1.165) is 25.8 Å². The molecule has 1 rings (SSSR count). The van der Waals surface area contributed by atoms with Gasteiger partial charge < -0.3 is 10.0 Å². The van der Waals surface area contributed by atoms with E-state index in [1.807, 2.05) is 7.05 Å². The molecule has 1 saturated heterocycles. The molecule has 0 spiro atoms.